The van der Waals surface area contributed by atoms with Crippen LogP contribution in [-0.4, -0.2) is 34.1 Å². The van der Waals surface area contributed by atoms with Crippen LogP contribution in [0.2, 0.25) is 0 Å². The fourth-order valence-corrected chi connectivity index (χ4v) is 4.86. The number of carboxylic acid groups (broad SMARTS) is 1. The standard InChI is InChI=1S/C7H11NO2S2/c9-6(10)5-3-12-7(8-5)1-2-11-4-7/h5,8H,1-4H2,(H,9,10)/t5-,7-/m0/s1. The van der Waals surface area contributed by atoms with Crippen molar-refractivity contribution < 1.29 is 15.2 Å². The molecule has 0 radical (unpaired) electrons. The van der Waals surface area contributed by atoms with Crippen LogP contribution in [0.5, 0.6) is 0 Å². The van der Waals surface area contributed by atoms with Gasteiger partial charge in [0.05, 0.1) is 11.5 Å². The molecule has 0 unspecified atom stereocenters. The zero-order valence-electron chi connectivity index (χ0n) is 6.62. The number of nitrogens with two attached hydrogens (primary N) is 1. The zero-order valence-corrected chi connectivity index (χ0v) is 8.25. The van der Waals surface area contributed by atoms with Crippen molar-refractivity contribution in [3.05, 3.63) is 0 Å². The fourth-order valence-electron chi connectivity index (χ4n) is 1.66. The molecule has 2 heterocycles. The van der Waals surface area contributed by atoms with E-state index in [1.807, 2.05) is 17.1 Å². The third-order valence-corrected chi connectivity index (χ3v) is 5.35. The highest BCUT2D eigenvalue weighted by Crippen LogP contribution is 2.36. The Morgan fingerprint density at radius 1 is 1.67 bits per heavy atom. The maximum absolute atomic E-state index is 10.6. The molecule has 2 atom stereocenters. The van der Waals surface area contributed by atoms with Crippen LogP contribution < -0.4 is 10.4 Å². The van der Waals surface area contributed by atoms with Gasteiger partial charge in [0, 0.05) is 12.2 Å². The zero-order chi connectivity index (χ0) is 8.60. The summed E-state index contributed by atoms with van der Waals surface area (Å²) in [7, 11) is 0. The average molecular weight is 205 g/mol. The first kappa shape index (κ1) is 8.72. The summed E-state index contributed by atoms with van der Waals surface area (Å²) >= 11 is 3.71. The molecule has 2 N–H and O–H groups in total. The van der Waals surface area contributed by atoms with E-state index in [9.17, 15) is 9.90 Å². The van der Waals surface area contributed by atoms with Gasteiger partial charge in [0.2, 0.25) is 0 Å². The number of quaternary nitrogens is 1. The number of carbonyl (C=O) groups is 1. The highest BCUT2D eigenvalue weighted by molar-refractivity contribution is 8.04. The van der Waals surface area contributed by atoms with Gasteiger partial charge in [0.15, 0.2) is 4.87 Å². The highest BCUT2D eigenvalue weighted by Gasteiger charge is 2.46. The average Bonchev–Trinajstić information content (AvgIpc) is 2.62. The van der Waals surface area contributed by atoms with Crippen LogP contribution in [0.3, 0.4) is 0 Å². The molecule has 2 aliphatic rings. The second kappa shape index (κ2) is 3.12. The maximum atomic E-state index is 10.6. The van der Waals surface area contributed by atoms with Gasteiger partial charge < -0.3 is 15.2 Å². The van der Waals surface area contributed by atoms with E-state index in [4.69, 9.17) is 0 Å². The molecule has 0 aromatic carbocycles. The molecule has 3 nitrogen and oxygen atoms in total. The SMILES string of the molecule is O=C([O-])[C@@H]1CS[C@]2(CCSC2)[NH2+]1. The number of hydrogen-bond acceptors (Lipinski definition) is 4. The lowest BCUT2D eigenvalue weighted by Gasteiger charge is -2.18. The van der Waals surface area contributed by atoms with Crippen molar-refractivity contribution in [3.63, 3.8) is 0 Å². The lowest BCUT2D eigenvalue weighted by molar-refractivity contribution is -0.712. The molecule has 2 fully saturated rings. The van der Waals surface area contributed by atoms with Gasteiger partial charge >= 0.3 is 0 Å². The summed E-state index contributed by atoms with van der Waals surface area (Å²) in [6.45, 7) is 0. The van der Waals surface area contributed by atoms with Crippen LogP contribution in [0.4, 0.5) is 0 Å². The second-order valence-corrected chi connectivity index (χ2v) is 5.81. The summed E-state index contributed by atoms with van der Waals surface area (Å²) in [5, 5.41) is 12.6. The Morgan fingerprint density at radius 3 is 3.00 bits per heavy atom. The van der Waals surface area contributed by atoms with Crippen molar-refractivity contribution >= 4 is 29.5 Å². The van der Waals surface area contributed by atoms with Gasteiger partial charge in [0.25, 0.3) is 0 Å². The van der Waals surface area contributed by atoms with Crippen molar-refractivity contribution in [2.75, 3.05) is 17.3 Å². The van der Waals surface area contributed by atoms with Crippen LogP contribution in [0.25, 0.3) is 0 Å². The second-order valence-electron chi connectivity index (χ2n) is 3.27. The lowest BCUT2D eigenvalue weighted by atomic mass is 10.2. The Kier molecular flexibility index (Phi) is 2.27. The van der Waals surface area contributed by atoms with Gasteiger partial charge in [-0.25, -0.2) is 0 Å². The minimum absolute atomic E-state index is 0.176. The molecule has 2 saturated heterocycles. The molecule has 1 spiro atoms. The number of rotatable bonds is 1. The molecule has 0 bridgehead atoms. The van der Waals surface area contributed by atoms with Crippen molar-refractivity contribution in [3.8, 4) is 0 Å². The van der Waals surface area contributed by atoms with E-state index in [0.717, 1.165) is 12.2 Å². The van der Waals surface area contributed by atoms with Gasteiger partial charge in [-0.1, -0.05) is 11.8 Å². The molecule has 0 aliphatic carbocycles. The van der Waals surface area contributed by atoms with Crippen LogP contribution in [0, 0.1) is 0 Å². The van der Waals surface area contributed by atoms with Crippen LogP contribution >= 0.6 is 23.5 Å². The van der Waals surface area contributed by atoms with Crippen LogP contribution in [0.15, 0.2) is 0 Å². The van der Waals surface area contributed by atoms with Gasteiger partial charge in [0.1, 0.15) is 12.0 Å². The first-order chi connectivity index (χ1) is 5.72. The molecule has 0 aromatic rings. The van der Waals surface area contributed by atoms with Gasteiger partial charge in [-0.05, 0) is 0 Å². The largest absolute Gasteiger partial charge is 0.544 e. The molecule has 2 rings (SSSR count). The van der Waals surface area contributed by atoms with Crippen molar-refractivity contribution in [2.45, 2.75) is 17.3 Å². The Balaban J connectivity index is 2.01. The third-order valence-electron chi connectivity index (χ3n) is 2.37. The van der Waals surface area contributed by atoms with E-state index >= 15 is 0 Å². The maximum Gasteiger partial charge on any atom is 0.153 e. The van der Waals surface area contributed by atoms with E-state index in [-0.39, 0.29) is 10.9 Å². The minimum Gasteiger partial charge on any atom is -0.544 e. The van der Waals surface area contributed by atoms with E-state index in [0.29, 0.717) is 5.75 Å². The molecule has 2 aliphatic heterocycles. The summed E-state index contributed by atoms with van der Waals surface area (Å²) in [6.07, 6.45) is 1.13. The summed E-state index contributed by atoms with van der Waals surface area (Å²) in [4.78, 5) is 10.8. The molecular weight excluding hydrogens is 194 g/mol. The fraction of sp³-hybridized carbons (Fsp3) is 0.857. The highest BCUT2D eigenvalue weighted by atomic mass is 32.2. The summed E-state index contributed by atoms with van der Waals surface area (Å²) < 4.78 is 0. The van der Waals surface area contributed by atoms with Crippen LogP contribution in [0.1, 0.15) is 6.42 Å². The van der Waals surface area contributed by atoms with Gasteiger partial charge in [-0.2, -0.15) is 11.8 Å². The Hall–Kier alpha value is 0.130. The van der Waals surface area contributed by atoms with Crippen LogP contribution in [-0.2, 0) is 4.79 Å². The van der Waals surface area contributed by atoms with Gasteiger partial charge in [-0.3, -0.25) is 0 Å². The van der Waals surface area contributed by atoms with E-state index in [1.165, 1.54) is 5.75 Å². The number of carboxylic acids is 1. The molecule has 0 aromatic heterocycles. The Labute approximate surface area is 79.7 Å². The van der Waals surface area contributed by atoms with E-state index < -0.39 is 5.97 Å². The number of hydrogen-bond donors (Lipinski definition) is 1. The molecule has 12 heavy (non-hydrogen) atoms. The van der Waals surface area contributed by atoms with Crippen molar-refractivity contribution in [1.29, 1.82) is 0 Å². The molecule has 68 valence electrons. The monoisotopic (exact) mass is 205 g/mol. The number of carbonyl (C=O) groups excluding carboxylic acids is 1. The van der Waals surface area contributed by atoms with Gasteiger partial charge in [-0.15, -0.1) is 0 Å². The normalized spacial score (nSPS) is 40.8. The quantitative estimate of drug-likeness (QED) is 0.551. The smallest absolute Gasteiger partial charge is 0.153 e. The lowest BCUT2D eigenvalue weighted by Crippen LogP contribution is -2.99. The third kappa shape index (κ3) is 1.45. The molecule has 0 saturated carbocycles. The Morgan fingerprint density at radius 2 is 2.50 bits per heavy atom. The Bertz CT molecular complexity index is 204. The summed E-state index contributed by atoms with van der Waals surface area (Å²) in [6, 6.07) is -0.311. The van der Waals surface area contributed by atoms with Crippen molar-refractivity contribution in [2.24, 2.45) is 0 Å². The number of aliphatic carboxylic acids is 1. The van der Waals surface area contributed by atoms with E-state index in [1.54, 1.807) is 11.8 Å². The summed E-state index contributed by atoms with van der Waals surface area (Å²) in [5.74, 6) is 2.06. The molecule has 0 amide bonds. The summed E-state index contributed by atoms with van der Waals surface area (Å²) in [5.41, 5.74) is 0. The van der Waals surface area contributed by atoms with Crippen molar-refractivity contribution in [1.82, 2.24) is 0 Å². The molecule has 5 heteroatoms. The minimum atomic E-state index is -0.906. The van der Waals surface area contributed by atoms with E-state index in [2.05, 4.69) is 0 Å². The topological polar surface area (TPSA) is 56.7 Å². The number of thioether (sulfide) groups is 2. The molecular formula is C7H11NO2S2. The first-order valence-electron chi connectivity index (χ1n) is 4.00. The first-order valence-corrected chi connectivity index (χ1v) is 6.14. The predicted octanol–water partition coefficient (Wildman–Crippen LogP) is -1.75. The predicted molar refractivity (Wildman–Crippen MR) is 47.9 cm³/mol.